The quantitative estimate of drug-likeness (QED) is 0.919. The number of thiazole rings is 1. The summed E-state index contributed by atoms with van der Waals surface area (Å²) >= 11 is 1.65. The lowest BCUT2D eigenvalue weighted by atomic mass is 10.1. The van der Waals surface area contributed by atoms with Gasteiger partial charge in [-0.05, 0) is 37.8 Å². The number of furan rings is 1. The molecule has 1 unspecified atom stereocenters. The minimum atomic E-state index is -0.755. The maximum absolute atomic E-state index is 11.3. The number of aromatic nitrogens is 1. The first-order chi connectivity index (χ1) is 10.2. The van der Waals surface area contributed by atoms with Gasteiger partial charge in [-0.2, -0.15) is 0 Å². The summed E-state index contributed by atoms with van der Waals surface area (Å²) in [5, 5.41) is 10.2. The van der Waals surface area contributed by atoms with Crippen LogP contribution in [-0.2, 0) is 17.8 Å². The number of aliphatic carboxylic acids is 1. The van der Waals surface area contributed by atoms with Crippen LogP contribution in [0.2, 0.25) is 0 Å². The fourth-order valence-corrected chi connectivity index (χ4v) is 4.09. The molecule has 1 fully saturated rings. The molecule has 2 aromatic heterocycles. The Morgan fingerprint density at radius 1 is 1.48 bits per heavy atom. The molecular formula is C15H16N2O3S. The van der Waals surface area contributed by atoms with Crippen LogP contribution in [0, 0.1) is 0 Å². The summed E-state index contributed by atoms with van der Waals surface area (Å²) in [6.07, 6.45) is 5.55. The Kier molecular flexibility index (Phi) is 2.99. The summed E-state index contributed by atoms with van der Waals surface area (Å²) in [5.74, 6) is -0.253. The van der Waals surface area contributed by atoms with Crippen LogP contribution in [0.3, 0.4) is 0 Å². The normalized spacial score (nSPS) is 20.5. The van der Waals surface area contributed by atoms with E-state index in [-0.39, 0.29) is 0 Å². The maximum Gasteiger partial charge on any atom is 0.312 e. The third kappa shape index (κ3) is 2.33. The highest BCUT2D eigenvalue weighted by atomic mass is 32.1. The zero-order valence-electron chi connectivity index (χ0n) is 11.5. The highest BCUT2D eigenvalue weighted by Gasteiger charge is 2.36. The minimum absolute atomic E-state index is 0.422. The molecule has 0 bridgehead atoms. The smallest absolute Gasteiger partial charge is 0.312 e. The number of hydrogen-bond acceptors (Lipinski definition) is 5. The van der Waals surface area contributed by atoms with Gasteiger partial charge in [0.05, 0.1) is 18.5 Å². The third-order valence-electron chi connectivity index (χ3n) is 4.14. The van der Waals surface area contributed by atoms with Crippen LogP contribution in [0.5, 0.6) is 0 Å². The monoisotopic (exact) mass is 304 g/mol. The van der Waals surface area contributed by atoms with E-state index >= 15 is 0 Å². The van der Waals surface area contributed by atoms with E-state index in [2.05, 4.69) is 9.88 Å². The predicted molar refractivity (Wildman–Crippen MR) is 78.7 cm³/mol. The number of carboxylic acid groups (broad SMARTS) is 1. The number of hydrogen-bond donors (Lipinski definition) is 1. The number of nitrogens with zero attached hydrogens (tertiary/aromatic N) is 2. The average Bonchev–Trinajstić information content (AvgIpc) is 2.88. The summed E-state index contributed by atoms with van der Waals surface area (Å²) in [6.45, 7) is 0.710. The fraction of sp³-hybridized carbons (Fsp3) is 0.467. The van der Waals surface area contributed by atoms with Crippen molar-refractivity contribution >= 4 is 22.4 Å². The number of anilines is 1. The van der Waals surface area contributed by atoms with E-state index in [1.807, 2.05) is 12.1 Å². The first kappa shape index (κ1) is 12.9. The van der Waals surface area contributed by atoms with Crippen molar-refractivity contribution < 1.29 is 14.3 Å². The molecular weight excluding hydrogens is 288 g/mol. The average molecular weight is 304 g/mol. The van der Waals surface area contributed by atoms with E-state index in [0.717, 1.165) is 27.9 Å². The van der Waals surface area contributed by atoms with Gasteiger partial charge in [0.2, 0.25) is 0 Å². The topological polar surface area (TPSA) is 66.6 Å². The van der Waals surface area contributed by atoms with Gasteiger partial charge < -0.3 is 14.4 Å². The van der Waals surface area contributed by atoms with Crippen LogP contribution >= 0.6 is 11.3 Å². The second-order valence-corrected chi connectivity index (χ2v) is 6.73. The molecule has 2 heterocycles. The maximum atomic E-state index is 11.3. The van der Waals surface area contributed by atoms with Crippen molar-refractivity contribution in [3.8, 4) is 0 Å². The van der Waals surface area contributed by atoms with Crippen molar-refractivity contribution in [2.45, 2.75) is 44.2 Å². The van der Waals surface area contributed by atoms with Crippen molar-refractivity contribution in [3.63, 3.8) is 0 Å². The molecule has 21 heavy (non-hydrogen) atoms. The van der Waals surface area contributed by atoms with Crippen molar-refractivity contribution in [1.82, 2.24) is 4.98 Å². The summed E-state index contributed by atoms with van der Waals surface area (Å²) in [7, 11) is 0. The highest BCUT2D eigenvalue weighted by Crippen LogP contribution is 2.42. The van der Waals surface area contributed by atoms with Crippen LogP contribution in [0.1, 0.15) is 41.5 Å². The van der Waals surface area contributed by atoms with Gasteiger partial charge in [0, 0.05) is 10.9 Å². The van der Waals surface area contributed by atoms with E-state index in [0.29, 0.717) is 19.0 Å². The van der Waals surface area contributed by atoms with E-state index < -0.39 is 11.9 Å². The zero-order chi connectivity index (χ0) is 14.4. The van der Waals surface area contributed by atoms with Crippen LogP contribution < -0.4 is 4.90 Å². The van der Waals surface area contributed by atoms with Gasteiger partial charge in [-0.15, -0.1) is 11.3 Å². The minimum Gasteiger partial charge on any atom is -0.481 e. The largest absolute Gasteiger partial charge is 0.481 e. The Balaban J connectivity index is 1.62. The second kappa shape index (κ2) is 4.87. The van der Waals surface area contributed by atoms with E-state index in [1.165, 1.54) is 12.8 Å². The molecule has 110 valence electrons. The van der Waals surface area contributed by atoms with Crippen molar-refractivity contribution in [1.29, 1.82) is 0 Å². The molecule has 0 radical (unpaired) electrons. The molecule has 4 rings (SSSR count). The Hall–Kier alpha value is -1.82. The lowest BCUT2D eigenvalue weighted by Gasteiger charge is -2.20. The summed E-state index contributed by atoms with van der Waals surface area (Å²) < 4.78 is 5.44. The summed E-state index contributed by atoms with van der Waals surface area (Å²) in [5.41, 5.74) is 0.785. The molecule has 5 nitrogen and oxygen atoms in total. The molecule has 2 aromatic rings. The first-order valence-electron chi connectivity index (χ1n) is 7.24. The highest BCUT2D eigenvalue weighted by molar-refractivity contribution is 7.15. The molecule has 1 saturated carbocycles. The Morgan fingerprint density at radius 3 is 3.00 bits per heavy atom. The Morgan fingerprint density at radius 2 is 2.33 bits per heavy atom. The van der Waals surface area contributed by atoms with Crippen LogP contribution in [0.4, 0.5) is 5.13 Å². The number of carboxylic acids is 1. The number of fused-ring (bicyclic) bond motifs is 1. The van der Waals surface area contributed by atoms with E-state index in [9.17, 15) is 9.90 Å². The van der Waals surface area contributed by atoms with Crippen LogP contribution in [-0.4, -0.2) is 22.1 Å². The van der Waals surface area contributed by atoms with Gasteiger partial charge in [-0.25, -0.2) is 4.98 Å². The molecule has 0 spiro atoms. The van der Waals surface area contributed by atoms with E-state index in [4.69, 9.17) is 4.42 Å². The van der Waals surface area contributed by atoms with Gasteiger partial charge in [0.25, 0.3) is 0 Å². The Labute approximate surface area is 126 Å². The number of aryl methyl sites for hydroxylation is 1. The zero-order valence-corrected chi connectivity index (χ0v) is 12.3. The van der Waals surface area contributed by atoms with Gasteiger partial charge in [-0.3, -0.25) is 4.79 Å². The molecule has 2 aliphatic rings. The Bertz CT molecular complexity index is 661. The number of carbonyl (C=O) groups is 1. The van der Waals surface area contributed by atoms with E-state index in [1.54, 1.807) is 17.6 Å². The van der Waals surface area contributed by atoms with Gasteiger partial charge >= 0.3 is 5.97 Å². The van der Waals surface area contributed by atoms with Crippen molar-refractivity contribution in [2.75, 3.05) is 4.90 Å². The molecule has 0 amide bonds. The molecule has 0 aliphatic heterocycles. The molecule has 6 heteroatoms. The molecule has 1 atom stereocenters. The molecule has 0 saturated heterocycles. The van der Waals surface area contributed by atoms with Crippen LogP contribution in [0.15, 0.2) is 22.8 Å². The van der Waals surface area contributed by atoms with Crippen molar-refractivity contribution in [3.05, 3.63) is 34.7 Å². The fourth-order valence-electron chi connectivity index (χ4n) is 2.89. The lowest BCUT2D eigenvalue weighted by molar-refractivity contribution is -0.138. The van der Waals surface area contributed by atoms with Gasteiger partial charge in [0.15, 0.2) is 5.13 Å². The number of rotatable bonds is 5. The molecule has 0 aromatic carbocycles. The standard InChI is InChI=1S/C15H16N2O3S/c18-14(19)11-5-6-12-13(11)16-15(21-12)17(9-3-4-9)8-10-2-1-7-20-10/h1-2,7,9,11H,3-6,8H2,(H,18,19). The summed E-state index contributed by atoms with van der Waals surface area (Å²) in [4.78, 5) is 19.3. The molecule has 2 aliphatic carbocycles. The van der Waals surface area contributed by atoms with Gasteiger partial charge in [-0.1, -0.05) is 0 Å². The van der Waals surface area contributed by atoms with Crippen molar-refractivity contribution in [2.24, 2.45) is 0 Å². The predicted octanol–water partition coefficient (Wildman–Crippen LogP) is 3.02. The third-order valence-corrected chi connectivity index (χ3v) is 5.31. The molecule has 1 N–H and O–H groups in total. The SMILES string of the molecule is O=C(O)C1CCc2sc(N(Cc3ccco3)C3CC3)nc21. The van der Waals surface area contributed by atoms with Crippen LogP contribution in [0.25, 0.3) is 0 Å². The second-order valence-electron chi connectivity index (χ2n) is 5.67. The first-order valence-corrected chi connectivity index (χ1v) is 8.05. The van der Waals surface area contributed by atoms with Gasteiger partial charge in [0.1, 0.15) is 11.7 Å². The summed E-state index contributed by atoms with van der Waals surface area (Å²) in [6, 6.07) is 4.38. The lowest BCUT2D eigenvalue weighted by Crippen LogP contribution is -2.24.